The molecule has 0 atom stereocenters. The number of hydrogen-bond donors (Lipinski definition) is 3. The van der Waals surface area contributed by atoms with E-state index in [2.05, 4.69) is 46.4 Å². The molecule has 0 bridgehead atoms. The van der Waals surface area contributed by atoms with Crippen molar-refractivity contribution in [1.29, 1.82) is 0 Å². The van der Waals surface area contributed by atoms with Crippen molar-refractivity contribution in [3.05, 3.63) is 37.2 Å². The molecule has 9 heteroatoms. The molecule has 1 rings (SSSR count). The Balaban J connectivity index is 2.50. The van der Waals surface area contributed by atoms with Gasteiger partial charge in [-0.2, -0.15) is 12.6 Å². The Kier molecular flexibility index (Phi) is 8.98. The standard InChI is InChI=1S/C15H20N4O4S/c1-3-14(20)22-7-5-16-11-9-12(19-13(10-24)18-11)17-6-8-23-15(21)4-2/h3-4,9,24H,1-2,5-8,10H2,(H2,16,17,18,19). The van der Waals surface area contributed by atoms with Crippen LogP contribution >= 0.6 is 12.6 Å². The quantitative estimate of drug-likeness (QED) is 0.236. The molecule has 2 N–H and O–H groups in total. The van der Waals surface area contributed by atoms with E-state index in [-0.39, 0.29) is 13.2 Å². The monoisotopic (exact) mass is 352 g/mol. The highest BCUT2D eigenvalue weighted by molar-refractivity contribution is 7.79. The topological polar surface area (TPSA) is 102 Å². The molecule has 0 fully saturated rings. The second-order valence-corrected chi connectivity index (χ2v) is 4.63. The van der Waals surface area contributed by atoms with Crippen LogP contribution in [0.4, 0.5) is 11.6 Å². The van der Waals surface area contributed by atoms with E-state index in [1.165, 1.54) is 0 Å². The fourth-order valence-corrected chi connectivity index (χ4v) is 1.67. The zero-order valence-corrected chi connectivity index (χ0v) is 14.1. The molecule has 1 heterocycles. The fourth-order valence-electron chi connectivity index (χ4n) is 1.53. The predicted molar refractivity (Wildman–Crippen MR) is 94.0 cm³/mol. The van der Waals surface area contributed by atoms with Gasteiger partial charge in [0.05, 0.1) is 18.8 Å². The van der Waals surface area contributed by atoms with E-state index in [1.54, 1.807) is 6.07 Å². The summed E-state index contributed by atoms with van der Waals surface area (Å²) in [4.78, 5) is 30.4. The van der Waals surface area contributed by atoms with E-state index in [4.69, 9.17) is 9.47 Å². The largest absolute Gasteiger partial charge is 0.461 e. The number of carbonyl (C=O) groups is 2. The number of rotatable bonds is 11. The first-order valence-electron chi connectivity index (χ1n) is 7.14. The molecular formula is C15H20N4O4S. The minimum Gasteiger partial charge on any atom is -0.461 e. The Morgan fingerprint density at radius 2 is 1.50 bits per heavy atom. The molecule has 0 aliphatic heterocycles. The molecule has 0 radical (unpaired) electrons. The third-order valence-corrected chi connectivity index (χ3v) is 2.84. The summed E-state index contributed by atoms with van der Waals surface area (Å²) in [6.45, 7) is 7.78. The van der Waals surface area contributed by atoms with Gasteiger partial charge in [-0.25, -0.2) is 19.6 Å². The van der Waals surface area contributed by atoms with Crippen molar-refractivity contribution in [2.75, 3.05) is 36.9 Å². The average molecular weight is 352 g/mol. The molecule has 0 aliphatic carbocycles. The number of carbonyl (C=O) groups excluding carboxylic acids is 2. The summed E-state index contributed by atoms with van der Waals surface area (Å²) in [5.74, 6) is 1.06. The molecule has 0 amide bonds. The van der Waals surface area contributed by atoms with Crippen LogP contribution < -0.4 is 10.6 Å². The SMILES string of the molecule is C=CC(=O)OCCNc1cc(NCCOC(=O)C=C)nc(CS)n1. The maximum atomic E-state index is 10.9. The molecule has 8 nitrogen and oxygen atoms in total. The van der Waals surface area contributed by atoms with E-state index in [9.17, 15) is 9.59 Å². The lowest BCUT2D eigenvalue weighted by atomic mass is 10.4. The zero-order chi connectivity index (χ0) is 17.8. The van der Waals surface area contributed by atoms with E-state index in [0.717, 1.165) is 12.2 Å². The fraction of sp³-hybridized carbons (Fsp3) is 0.333. The highest BCUT2D eigenvalue weighted by atomic mass is 32.1. The van der Waals surface area contributed by atoms with Crippen LogP contribution in [0.25, 0.3) is 0 Å². The van der Waals surface area contributed by atoms with Crippen LogP contribution in [0.2, 0.25) is 0 Å². The highest BCUT2D eigenvalue weighted by Gasteiger charge is 2.04. The first kappa shape index (κ1) is 19.5. The number of ether oxygens (including phenoxy) is 2. The zero-order valence-electron chi connectivity index (χ0n) is 13.2. The molecule has 0 saturated carbocycles. The maximum Gasteiger partial charge on any atom is 0.330 e. The number of thiol groups is 1. The van der Waals surface area contributed by atoms with Crippen molar-refractivity contribution in [3.63, 3.8) is 0 Å². The van der Waals surface area contributed by atoms with Gasteiger partial charge in [-0.1, -0.05) is 13.2 Å². The first-order valence-corrected chi connectivity index (χ1v) is 7.77. The molecular weight excluding hydrogens is 332 g/mol. The molecule has 0 unspecified atom stereocenters. The third kappa shape index (κ3) is 7.63. The molecule has 130 valence electrons. The molecule has 0 aromatic carbocycles. The third-order valence-electron chi connectivity index (χ3n) is 2.55. The minimum atomic E-state index is -0.480. The Bertz CT molecular complexity index is 549. The van der Waals surface area contributed by atoms with E-state index >= 15 is 0 Å². The molecule has 1 aromatic heterocycles. The normalized spacial score (nSPS) is 9.71. The van der Waals surface area contributed by atoms with Crippen molar-refractivity contribution in [2.24, 2.45) is 0 Å². The summed E-state index contributed by atoms with van der Waals surface area (Å²) in [5, 5.41) is 6.04. The summed E-state index contributed by atoms with van der Waals surface area (Å²) in [6.07, 6.45) is 2.20. The van der Waals surface area contributed by atoms with Gasteiger partial charge < -0.3 is 20.1 Å². The van der Waals surface area contributed by atoms with Crippen LogP contribution in [0.3, 0.4) is 0 Å². The second kappa shape index (κ2) is 11.1. The van der Waals surface area contributed by atoms with Gasteiger partial charge >= 0.3 is 11.9 Å². The van der Waals surface area contributed by atoms with Crippen LogP contribution in [0.5, 0.6) is 0 Å². The molecule has 0 aliphatic rings. The van der Waals surface area contributed by atoms with Gasteiger partial charge in [0.25, 0.3) is 0 Å². The number of nitrogens with zero attached hydrogens (tertiary/aromatic N) is 2. The van der Waals surface area contributed by atoms with Crippen LogP contribution in [0.1, 0.15) is 5.82 Å². The van der Waals surface area contributed by atoms with Gasteiger partial charge in [-0.15, -0.1) is 0 Å². The van der Waals surface area contributed by atoms with Crippen LogP contribution in [0.15, 0.2) is 31.4 Å². The lowest BCUT2D eigenvalue weighted by molar-refractivity contribution is -0.138. The van der Waals surface area contributed by atoms with Crippen LogP contribution in [-0.4, -0.2) is 48.2 Å². The summed E-state index contributed by atoms with van der Waals surface area (Å²) < 4.78 is 9.72. The lowest BCUT2D eigenvalue weighted by Gasteiger charge is -2.11. The van der Waals surface area contributed by atoms with Gasteiger partial charge in [-0.3, -0.25) is 0 Å². The van der Waals surface area contributed by atoms with Gasteiger partial charge in [0.15, 0.2) is 0 Å². The van der Waals surface area contributed by atoms with Crippen LogP contribution in [0, 0.1) is 0 Å². The number of esters is 2. The molecule has 0 spiro atoms. The van der Waals surface area contributed by atoms with Gasteiger partial charge in [-0.05, 0) is 0 Å². The van der Waals surface area contributed by atoms with Crippen molar-refractivity contribution >= 4 is 36.2 Å². The van der Waals surface area contributed by atoms with Gasteiger partial charge in [0, 0.05) is 18.2 Å². The summed E-state index contributed by atoms with van der Waals surface area (Å²) in [7, 11) is 0. The Morgan fingerprint density at radius 1 is 1.04 bits per heavy atom. The second-order valence-electron chi connectivity index (χ2n) is 4.31. The van der Waals surface area contributed by atoms with Crippen molar-refractivity contribution in [1.82, 2.24) is 9.97 Å². The van der Waals surface area contributed by atoms with E-state index in [0.29, 0.717) is 36.3 Å². The van der Waals surface area contributed by atoms with Crippen molar-refractivity contribution in [3.8, 4) is 0 Å². The number of hydrogen-bond acceptors (Lipinski definition) is 9. The number of anilines is 2. The first-order chi connectivity index (χ1) is 11.6. The minimum absolute atomic E-state index is 0.186. The molecule has 24 heavy (non-hydrogen) atoms. The maximum absolute atomic E-state index is 10.9. The summed E-state index contributed by atoms with van der Waals surface area (Å²) >= 11 is 4.16. The smallest absolute Gasteiger partial charge is 0.330 e. The van der Waals surface area contributed by atoms with Crippen LogP contribution in [-0.2, 0) is 24.8 Å². The Labute approximate surface area is 145 Å². The Morgan fingerprint density at radius 3 is 1.88 bits per heavy atom. The van der Waals surface area contributed by atoms with E-state index < -0.39 is 11.9 Å². The lowest BCUT2D eigenvalue weighted by Crippen LogP contribution is -2.16. The van der Waals surface area contributed by atoms with E-state index in [1.807, 2.05) is 0 Å². The van der Waals surface area contributed by atoms with Gasteiger partial charge in [0.2, 0.25) is 0 Å². The number of aromatic nitrogens is 2. The molecule has 1 aromatic rings. The Hall–Kier alpha value is -2.55. The molecule has 0 saturated heterocycles. The summed E-state index contributed by atoms with van der Waals surface area (Å²) in [6, 6.07) is 1.69. The summed E-state index contributed by atoms with van der Waals surface area (Å²) in [5.41, 5.74) is 0. The van der Waals surface area contributed by atoms with Gasteiger partial charge in [0.1, 0.15) is 30.7 Å². The van der Waals surface area contributed by atoms with Crippen molar-refractivity contribution < 1.29 is 19.1 Å². The number of nitrogens with one attached hydrogen (secondary N) is 2. The highest BCUT2D eigenvalue weighted by Crippen LogP contribution is 2.12. The average Bonchev–Trinajstić information content (AvgIpc) is 2.61. The van der Waals surface area contributed by atoms with Crippen molar-refractivity contribution in [2.45, 2.75) is 5.75 Å². The predicted octanol–water partition coefficient (Wildman–Crippen LogP) is 1.19.